The molecule has 0 saturated heterocycles. The first kappa shape index (κ1) is 23.2. The fourth-order valence-electron chi connectivity index (χ4n) is 3.98. The van der Waals surface area contributed by atoms with Crippen LogP contribution in [0.4, 0.5) is 5.69 Å². The van der Waals surface area contributed by atoms with Crippen molar-refractivity contribution in [3.05, 3.63) is 92.4 Å². The van der Waals surface area contributed by atoms with Crippen LogP contribution in [0, 0.1) is 13.8 Å². The minimum atomic E-state index is -0.588. The second-order valence-electron chi connectivity index (χ2n) is 8.16. The SMILES string of the molecule is COCCn1cnc2c1c(=O)n(CC(=O)Nc1c(C)cccc1C)c(=O)n2Cc1ccccc1. The summed E-state index contributed by atoms with van der Waals surface area (Å²) in [5, 5.41) is 2.85. The molecule has 176 valence electrons. The van der Waals surface area contributed by atoms with Crippen LogP contribution < -0.4 is 16.6 Å². The molecule has 0 bridgehead atoms. The third-order valence-corrected chi connectivity index (χ3v) is 5.75. The van der Waals surface area contributed by atoms with E-state index in [0.717, 1.165) is 21.3 Å². The van der Waals surface area contributed by atoms with Crippen LogP contribution in [-0.4, -0.2) is 38.3 Å². The van der Waals surface area contributed by atoms with E-state index >= 15 is 0 Å². The van der Waals surface area contributed by atoms with Gasteiger partial charge >= 0.3 is 5.69 Å². The van der Waals surface area contributed by atoms with Gasteiger partial charge in [0.1, 0.15) is 6.54 Å². The van der Waals surface area contributed by atoms with Gasteiger partial charge in [-0.15, -0.1) is 0 Å². The van der Waals surface area contributed by atoms with Crippen LogP contribution in [0.1, 0.15) is 16.7 Å². The highest BCUT2D eigenvalue weighted by atomic mass is 16.5. The summed E-state index contributed by atoms with van der Waals surface area (Å²) < 4.78 is 9.21. The van der Waals surface area contributed by atoms with Gasteiger partial charge in [0.25, 0.3) is 5.56 Å². The molecule has 9 heteroatoms. The van der Waals surface area contributed by atoms with Crippen molar-refractivity contribution in [2.24, 2.45) is 0 Å². The Bertz CT molecular complexity index is 1430. The molecule has 0 aliphatic carbocycles. The van der Waals surface area contributed by atoms with Crippen molar-refractivity contribution >= 4 is 22.8 Å². The van der Waals surface area contributed by atoms with Crippen LogP contribution in [0.25, 0.3) is 11.2 Å². The van der Waals surface area contributed by atoms with E-state index in [9.17, 15) is 14.4 Å². The number of aromatic nitrogens is 4. The molecule has 9 nitrogen and oxygen atoms in total. The quantitative estimate of drug-likeness (QED) is 0.434. The van der Waals surface area contributed by atoms with Crippen LogP contribution in [0.2, 0.25) is 0 Å². The Balaban J connectivity index is 1.79. The standard InChI is InChI=1S/C25H27N5O4/c1-17-8-7-9-18(2)21(17)27-20(31)15-30-24(32)22-23(26-16-28(22)12-13-34-3)29(25(30)33)14-19-10-5-4-6-11-19/h4-11,16H,12-15H2,1-3H3,(H,27,31). The smallest absolute Gasteiger partial charge is 0.333 e. The van der Waals surface area contributed by atoms with Gasteiger partial charge in [-0.25, -0.2) is 14.3 Å². The molecule has 0 fully saturated rings. The Labute approximate surface area is 196 Å². The van der Waals surface area contributed by atoms with Crippen molar-refractivity contribution in [2.75, 3.05) is 19.0 Å². The van der Waals surface area contributed by atoms with Crippen molar-refractivity contribution in [1.29, 1.82) is 0 Å². The topological polar surface area (TPSA) is 100 Å². The number of carbonyl (C=O) groups is 1. The molecule has 0 spiro atoms. The third-order valence-electron chi connectivity index (χ3n) is 5.75. The monoisotopic (exact) mass is 461 g/mol. The number of amides is 1. The van der Waals surface area contributed by atoms with E-state index in [1.54, 1.807) is 11.7 Å². The zero-order chi connectivity index (χ0) is 24.2. The summed E-state index contributed by atoms with van der Waals surface area (Å²) in [6.07, 6.45) is 1.52. The number of benzene rings is 2. The summed E-state index contributed by atoms with van der Waals surface area (Å²) in [5.41, 5.74) is 2.74. The number of anilines is 1. The van der Waals surface area contributed by atoms with Gasteiger partial charge in [0.05, 0.1) is 19.5 Å². The largest absolute Gasteiger partial charge is 0.383 e. The Morgan fingerprint density at radius 2 is 1.71 bits per heavy atom. The number of carbonyl (C=O) groups excluding carboxylic acids is 1. The average Bonchev–Trinajstić information content (AvgIpc) is 3.25. The number of hydrogen-bond acceptors (Lipinski definition) is 5. The second-order valence-corrected chi connectivity index (χ2v) is 8.16. The number of imidazole rings is 1. The lowest BCUT2D eigenvalue weighted by atomic mass is 10.1. The summed E-state index contributed by atoms with van der Waals surface area (Å²) in [7, 11) is 1.57. The maximum atomic E-state index is 13.4. The van der Waals surface area contributed by atoms with Gasteiger partial charge in [-0.05, 0) is 30.5 Å². The first-order chi connectivity index (χ1) is 16.4. The first-order valence-corrected chi connectivity index (χ1v) is 11.0. The molecule has 4 rings (SSSR count). The molecule has 2 heterocycles. The van der Waals surface area contributed by atoms with Gasteiger partial charge in [0.2, 0.25) is 5.91 Å². The van der Waals surface area contributed by atoms with E-state index in [-0.39, 0.29) is 17.7 Å². The summed E-state index contributed by atoms with van der Waals surface area (Å²) in [4.78, 5) is 44.1. The Morgan fingerprint density at radius 3 is 2.38 bits per heavy atom. The van der Waals surface area contributed by atoms with Gasteiger partial charge in [-0.3, -0.25) is 14.2 Å². The lowest BCUT2D eigenvalue weighted by Gasteiger charge is -2.14. The van der Waals surface area contributed by atoms with E-state index in [0.29, 0.717) is 18.8 Å². The number of fused-ring (bicyclic) bond motifs is 1. The number of methoxy groups -OCH3 is 1. The molecule has 34 heavy (non-hydrogen) atoms. The number of nitrogens with one attached hydrogen (secondary N) is 1. The molecule has 4 aromatic rings. The number of rotatable bonds is 8. The number of hydrogen-bond donors (Lipinski definition) is 1. The van der Waals surface area contributed by atoms with Crippen LogP contribution in [0.3, 0.4) is 0 Å². The summed E-state index contributed by atoms with van der Waals surface area (Å²) in [6, 6.07) is 15.1. The van der Waals surface area contributed by atoms with E-state index in [1.807, 2.05) is 62.4 Å². The molecule has 0 saturated carbocycles. The Hall–Kier alpha value is -3.98. The maximum Gasteiger partial charge on any atom is 0.333 e. The summed E-state index contributed by atoms with van der Waals surface area (Å²) in [6.45, 7) is 4.35. The first-order valence-electron chi connectivity index (χ1n) is 11.0. The molecule has 0 radical (unpaired) electrons. The number of nitrogens with zero attached hydrogens (tertiary/aromatic N) is 4. The van der Waals surface area contributed by atoms with Gasteiger partial charge in [-0.1, -0.05) is 48.5 Å². The Kier molecular flexibility index (Phi) is 6.74. The highest BCUT2D eigenvalue weighted by Crippen LogP contribution is 2.19. The predicted octanol–water partition coefficient (Wildman–Crippen LogP) is 2.31. The van der Waals surface area contributed by atoms with Gasteiger partial charge in [0.15, 0.2) is 11.2 Å². The number of aryl methyl sites for hydroxylation is 2. The van der Waals surface area contributed by atoms with Crippen LogP contribution in [-0.2, 0) is 29.2 Å². The fourth-order valence-corrected chi connectivity index (χ4v) is 3.98. The molecule has 2 aromatic heterocycles. The highest BCUT2D eigenvalue weighted by molar-refractivity contribution is 5.92. The molecule has 1 N–H and O–H groups in total. The lowest BCUT2D eigenvalue weighted by molar-refractivity contribution is -0.116. The molecule has 0 aliphatic rings. The average molecular weight is 462 g/mol. The van der Waals surface area contributed by atoms with Gasteiger partial charge in [-0.2, -0.15) is 0 Å². The summed E-state index contributed by atoms with van der Waals surface area (Å²) in [5.74, 6) is -0.454. The van der Waals surface area contributed by atoms with E-state index in [4.69, 9.17) is 4.74 Å². The number of ether oxygens (including phenoxy) is 1. The third kappa shape index (κ3) is 4.55. The molecule has 0 aliphatic heterocycles. The zero-order valence-corrected chi connectivity index (χ0v) is 19.4. The van der Waals surface area contributed by atoms with Gasteiger partial charge < -0.3 is 14.6 Å². The van der Waals surface area contributed by atoms with Crippen LogP contribution >= 0.6 is 0 Å². The minimum Gasteiger partial charge on any atom is -0.383 e. The number of para-hydroxylation sites is 1. The zero-order valence-electron chi connectivity index (χ0n) is 19.4. The van der Waals surface area contributed by atoms with Crippen LogP contribution in [0.15, 0.2) is 64.4 Å². The van der Waals surface area contributed by atoms with Crippen molar-refractivity contribution in [1.82, 2.24) is 18.7 Å². The highest BCUT2D eigenvalue weighted by Gasteiger charge is 2.20. The molecule has 0 atom stereocenters. The fraction of sp³-hybridized carbons (Fsp3) is 0.280. The second kappa shape index (κ2) is 9.88. The summed E-state index contributed by atoms with van der Waals surface area (Å²) >= 11 is 0. The molecule has 2 aromatic carbocycles. The van der Waals surface area contributed by atoms with Crippen molar-refractivity contribution in [3.8, 4) is 0 Å². The predicted molar refractivity (Wildman–Crippen MR) is 130 cm³/mol. The van der Waals surface area contributed by atoms with Crippen molar-refractivity contribution < 1.29 is 9.53 Å². The van der Waals surface area contributed by atoms with Crippen molar-refractivity contribution in [2.45, 2.75) is 33.5 Å². The Morgan fingerprint density at radius 1 is 1.00 bits per heavy atom. The molecular weight excluding hydrogens is 434 g/mol. The van der Waals surface area contributed by atoms with E-state index < -0.39 is 23.7 Å². The van der Waals surface area contributed by atoms with E-state index in [2.05, 4.69) is 10.3 Å². The maximum absolute atomic E-state index is 13.4. The van der Waals surface area contributed by atoms with E-state index in [1.165, 1.54) is 10.9 Å². The van der Waals surface area contributed by atoms with Crippen molar-refractivity contribution in [3.63, 3.8) is 0 Å². The molecule has 1 amide bonds. The minimum absolute atomic E-state index is 0.219. The molecule has 0 unspecified atom stereocenters. The molecular formula is C25H27N5O4. The lowest BCUT2D eigenvalue weighted by Crippen LogP contribution is -2.43. The van der Waals surface area contributed by atoms with Gasteiger partial charge in [0, 0.05) is 19.3 Å². The normalized spacial score (nSPS) is 11.1. The van der Waals surface area contributed by atoms with Crippen LogP contribution in [0.5, 0.6) is 0 Å².